The lowest BCUT2D eigenvalue weighted by Gasteiger charge is -2.09. The highest BCUT2D eigenvalue weighted by Crippen LogP contribution is 2.37. The molecule has 0 amide bonds. The zero-order chi connectivity index (χ0) is 15.5. The Labute approximate surface area is 124 Å². The van der Waals surface area contributed by atoms with Crippen LogP contribution in [0.5, 0.6) is 0 Å². The predicted octanol–water partition coefficient (Wildman–Crippen LogP) is 5.36. The summed E-state index contributed by atoms with van der Waals surface area (Å²) in [6.45, 7) is 2.09. The van der Waals surface area contributed by atoms with Gasteiger partial charge in [-0.1, -0.05) is 12.1 Å². The molecule has 0 saturated carbocycles. The van der Waals surface area contributed by atoms with Crippen LogP contribution in [0.2, 0.25) is 0 Å². The van der Waals surface area contributed by atoms with Crippen LogP contribution in [-0.4, -0.2) is 5.51 Å². The highest BCUT2D eigenvalue weighted by atomic mass is 32.2. The molecule has 0 aliphatic rings. The first-order valence-electron chi connectivity index (χ1n) is 6.18. The van der Waals surface area contributed by atoms with E-state index >= 15 is 0 Å². The van der Waals surface area contributed by atoms with Crippen LogP contribution in [0.25, 0.3) is 0 Å². The molecule has 21 heavy (non-hydrogen) atoms. The zero-order valence-electron chi connectivity index (χ0n) is 11.2. The van der Waals surface area contributed by atoms with Gasteiger partial charge in [0.25, 0.3) is 0 Å². The molecule has 0 bridgehead atoms. The van der Waals surface area contributed by atoms with Crippen molar-refractivity contribution in [1.82, 2.24) is 0 Å². The molecule has 0 unspecified atom stereocenters. The fraction of sp³-hybridized carbons (Fsp3) is 0.200. The van der Waals surface area contributed by atoms with Gasteiger partial charge in [-0.2, -0.15) is 13.2 Å². The molecule has 2 rings (SSSR count). The summed E-state index contributed by atoms with van der Waals surface area (Å²) in [7, 11) is 0. The van der Waals surface area contributed by atoms with Crippen LogP contribution in [0, 0.1) is 12.7 Å². The Hall–Kier alpha value is -1.69. The molecule has 0 aliphatic heterocycles. The first kappa shape index (κ1) is 15.7. The number of hydrogen-bond donors (Lipinski definition) is 1. The Morgan fingerprint density at radius 3 is 2.29 bits per heavy atom. The summed E-state index contributed by atoms with van der Waals surface area (Å²) in [6, 6.07) is 10.9. The van der Waals surface area contributed by atoms with Crippen LogP contribution in [0.15, 0.2) is 47.4 Å². The highest BCUT2D eigenvalue weighted by molar-refractivity contribution is 8.00. The van der Waals surface area contributed by atoms with Crippen molar-refractivity contribution in [2.75, 3.05) is 5.32 Å². The first-order valence-corrected chi connectivity index (χ1v) is 7.00. The standard InChI is InChI=1S/C15H13F4NS/c1-10-2-3-11(8-14(10)16)9-20-12-4-6-13(7-5-12)21-15(17,18)19/h2-8,20H,9H2,1H3. The number of nitrogens with one attached hydrogen (secondary N) is 1. The molecule has 0 spiro atoms. The maximum absolute atomic E-state index is 13.4. The van der Waals surface area contributed by atoms with Crippen LogP contribution in [-0.2, 0) is 6.54 Å². The van der Waals surface area contributed by atoms with Crippen molar-refractivity contribution in [3.63, 3.8) is 0 Å². The van der Waals surface area contributed by atoms with Crippen LogP contribution < -0.4 is 5.32 Å². The van der Waals surface area contributed by atoms with Crippen molar-refractivity contribution in [2.45, 2.75) is 23.9 Å². The average molecular weight is 315 g/mol. The average Bonchev–Trinajstić information content (AvgIpc) is 2.40. The Balaban J connectivity index is 1.96. The Bertz CT molecular complexity index is 608. The number of anilines is 1. The Morgan fingerprint density at radius 2 is 1.71 bits per heavy atom. The van der Waals surface area contributed by atoms with Crippen molar-refractivity contribution in [3.05, 3.63) is 59.4 Å². The van der Waals surface area contributed by atoms with E-state index < -0.39 is 5.51 Å². The number of thioether (sulfide) groups is 1. The minimum Gasteiger partial charge on any atom is -0.381 e. The second-order valence-electron chi connectivity index (χ2n) is 4.51. The van der Waals surface area contributed by atoms with Gasteiger partial charge in [0.2, 0.25) is 0 Å². The summed E-state index contributed by atoms with van der Waals surface area (Å²) in [5.41, 5.74) is -2.25. The van der Waals surface area contributed by atoms with E-state index in [1.54, 1.807) is 31.2 Å². The second kappa shape index (κ2) is 6.39. The molecule has 1 N–H and O–H groups in total. The van der Waals surface area contributed by atoms with Gasteiger partial charge in [-0.25, -0.2) is 4.39 Å². The molecule has 2 aromatic rings. The van der Waals surface area contributed by atoms with Gasteiger partial charge in [0.1, 0.15) is 5.82 Å². The molecular weight excluding hydrogens is 302 g/mol. The van der Waals surface area contributed by atoms with Crippen molar-refractivity contribution >= 4 is 17.4 Å². The Kier molecular flexibility index (Phi) is 4.77. The molecule has 2 aromatic carbocycles. The number of halogens is 4. The molecule has 6 heteroatoms. The molecule has 0 saturated heterocycles. The fourth-order valence-electron chi connectivity index (χ4n) is 1.72. The largest absolute Gasteiger partial charge is 0.446 e. The summed E-state index contributed by atoms with van der Waals surface area (Å²) in [5.74, 6) is -0.272. The van der Waals surface area contributed by atoms with Gasteiger partial charge in [-0.15, -0.1) is 0 Å². The lowest BCUT2D eigenvalue weighted by atomic mass is 10.1. The van der Waals surface area contributed by atoms with Crippen molar-refractivity contribution in [1.29, 1.82) is 0 Å². The van der Waals surface area contributed by atoms with Gasteiger partial charge < -0.3 is 5.32 Å². The molecule has 0 atom stereocenters. The molecule has 0 radical (unpaired) electrons. The van der Waals surface area contributed by atoms with Gasteiger partial charge in [-0.3, -0.25) is 0 Å². The number of alkyl halides is 3. The van der Waals surface area contributed by atoms with Crippen LogP contribution in [0.3, 0.4) is 0 Å². The smallest absolute Gasteiger partial charge is 0.381 e. The predicted molar refractivity (Wildman–Crippen MR) is 76.8 cm³/mol. The van der Waals surface area contributed by atoms with E-state index in [0.29, 0.717) is 17.8 Å². The lowest BCUT2D eigenvalue weighted by Crippen LogP contribution is -2.01. The number of hydrogen-bond acceptors (Lipinski definition) is 2. The molecular formula is C15H13F4NS. The quantitative estimate of drug-likeness (QED) is 0.602. The highest BCUT2D eigenvalue weighted by Gasteiger charge is 2.28. The van der Waals surface area contributed by atoms with E-state index in [0.717, 1.165) is 5.56 Å². The topological polar surface area (TPSA) is 12.0 Å². The SMILES string of the molecule is Cc1ccc(CNc2ccc(SC(F)(F)F)cc2)cc1F. The third-order valence-electron chi connectivity index (χ3n) is 2.82. The van der Waals surface area contributed by atoms with Crippen LogP contribution in [0.4, 0.5) is 23.2 Å². The van der Waals surface area contributed by atoms with Crippen LogP contribution >= 0.6 is 11.8 Å². The minimum atomic E-state index is -4.28. The summed E-state index contributed by atoms with van der Waals surface area (Å²) in [6.07, 6.45) is 0. The van der Waals surface area contributed by atoms with E-state index in [9.17, 15) is 17.6 Å². The van der Waals surface area contributed by atoms with Gasteiger partial charge in [0.05, 0.1) is 0 Å². The van der Waals surface area contributed by atoms with E-state index in [1.165, 1.54) is 18.2 Å². The van der Waals surface area contributed by atoms with E-state index in [-0.39, 0.29) is 22.5 Å². The van der Waals surface area contributed by atoms with Gasteiger partial charge in [0.15, 0.2) is 0 Å². The third kappa shape index (κ3) is 4.97. The van der Waals surface area contributed by atoms with Gasteiger partial charge in [-0.05, 0) is 60.1 Å². The van der Waals surface area contributed by atoms with Gasteiger partial charge in [0, 0.05) is 17.1 Å². The summed E-state index contributed by atoms with van der Waals surface area (Å²) < 4.78 is 50.0. The monoisotopic (exact) mass is 315 g/mol. The molecule has 0 aromatic heterocycles. The molecule has 112 valence electrons. The molecule has 1 nitrogen and oxygen atoms in total. The summed E-state index contributed by atoms with van der Waals surface area (Å²) >= 11 is -0.150. The second-order valence-corrected chi connectivity index (χ2v) is 5.65. The summed E-state index contributed by atoms with van der Waals surface area (Å²) in [5, 5.41) is 3.04. The third-order valence-corrected chi connectivity index (χ3v) is 3.56. The number of benzene rings is 2. The van der Waals surface area contributed by atoms with Crippen molar-refractivity contribution in [3.8, 4) is 0 Å². The molecule has 0 fully saturated rings. The minimum absolute atomic E-state index is 0.134. The fourth-order valence-corrected chi connectivity index (χ4v) is 2.26. The maximum atomic E-state index is 13.4. The van der Waals surface area contributed by atoms with E-state index in [2.05, 4.69) is 5.32 Å². The molecule has 0 aliphatic carbocycles. The maximum Gasteiger partial charge on any atom is 0.446 e. The van der Waals surface area contributed by atoms with Crippen LogP contribution in [0.1, 0.15) is 11.1 Å². The Morgan fingerprint density at radius 1 is 1.05 bits per heavy atom. The molecule has 0 heterocycles. The zero-order valence-corrected chi connectivity index (χ0v) is 12.0. The van der Waals surface area contributed by atoms with E-state index in [1.807, 2.05) is 0 Å². The van der Waals surface area contributed by atoms with Crippen molar-refractivity contribution in [2.24, 2.45) is 0 Å². The normalized spacial score (nSPS) is 11.5. The summed E-state index contributed by atoms with van der Waals surface area (Å²) in [4.78, 5) is 0.134. The van der Waals surface area contributed by atoms with Crippen molar-refractivity contribution < 1.29 is 17.6 Å². The number of rotatable bonds is 4. The number of aryl methyl sites for hydroxylation is 1. The van der Waals surface area contributed by atoms with Gasteiger partial charge >= 0.3 is 5.51 Å². The van der Waals surface area contributed by atoms with E-state index in [4.69, 9.17) is 0 Å². The first-order chi connectivity index (χ1) is 9.83. The lowest BCUT2D eigenvalue weighted by molar-refractivity contribution is -0.0328.